The number of hydrogen-bond donors (Lipinski definition) is 2. The Kier molecular flexibility index (Phi) is 3.22. The second kappa shape index (κ2) is 4.00. The molecule has 0 aliphatic rings. The average Bonchev–Trinajstić information content (AvgIpc) is 2.03. The van der Waals surface area contributed by atoms with E-state index in [1.165, 1.54) is 6.33 Å². The Balaban J connectivity index is 3.12. The highest BCUT2D eigenvalue weighted by Gasteiger charge is 2.15. The zero-order chi connectivity index (χ0) is 9.14. The van der Waals surface area contributed by atoms with Crippen LogP contribution in [-0.4, -0.2) is 21.6 Å². The second-order valence-corrected chi connectivity index (χ2v) is 2.84. The van der Waals surface area contributed by atoms with Gasteiger partial charge in [0, 0.05) is 6.54 Å². The molecule has 1 aromatic rings. The third kappa shape index (κ3) is 1.84. The van der Waals surface area contributed by atoms with E-state index in [0.717, 1.165) is 0 Å². The van der Waals surface area contributed by atoms with Crippen LogP contribution >= 0.6 is 23.2 Å². The van der Waals surface area contributed by atoms with Gasteiger partial charge in [-0.15, -0.1) is 0 Å². The third-order valence-electron chi connectivity index (χ3n) is 1.34. The minimum Gasteiger partial charge on any atom is -0.387 e. The summed E-state index contributed by atoms with van der Waals surface area (Å²) in [6, 6.07) is 0. The average molecular weight is 208 g/mol. The first kappa shape index (κ1) is 9.67. The van der Waals surface area contributed by atoms with Gasteiger partial charge in [0.2, 0.25) is 0 Å². The summed E-state index contributed by atoms with van der Waals surface area (Å²) < 4.78 is 0. The van der Waals surface area contributed by atoms with Gasteiger partial charge < -0.3 is 10.8 Å². The fourth-order valence-electron chi connectivity index (χ4n) is 0.747. The van der Waals surface area contributed by atoms with Crippen LogP contribution in [0.1, 0.15) is 11.7 Å². The van der Waals surface area contributed by atoms with E-state index < -0.39 is 6.10 Å². The first-order valence-corrected chi connectivity index (χ1v) is 3.96. The van der Waals surface area contributed by atoms with E-state index in [4.69, 9.17) is 28.9 Å². The molecule has 66 valence electrons. The van der Waals surface area contributed by atoms with Crippen molar-refractivity contribution in [1.29, 1.82) is 0 Å². The van der Waals surface area contributed by atoms with Crippen molar-refractivity contribution in [2.75, 3.05) is 6.54 Å². The Morgan fingerprint density at radius 1 is 1.42 bits per heavy atom. The predicted molar refractivity (Wildman–Crippen MR) is 46.1 cm³/mol. The number of nitrogens with zero attached hydrogens (tertiary/aromatic N) is 2. The van der Waals surface area contributed by atoms with Crippen molar-refractivity contribution < 1.29 is 5.11 Å². The van der Waals surface area contributed by atoms with Gasteiger partial charge in [-0.3, -0.25) is 0 Å². The molecule has 0 spiro atoms. The third-order valence-corrected chi connectivity index (χ3v) is 1.95. The molecule has 1 rings (SSSR count). The molecular formula is C6H7Cl2N3O. The van der Waals surface area contributed by atoms with Gasteiger partial charge in [0.15, 0.2) is 0 Å². The highest BCUT2D eigenvalue weighted by Crippen LogP contribution is 2.25. The lowest BCUT2D eigenvalue weighted by molar-refractivity contribution is 0.186. The van der Waals surface area contributed by atoms with E-state index in [-0.39, 0.29) is 22.4 Å². The summed E-state index contributed by atoms with van der Waals surface area (Å²) >= 11 is 11.3. The Hall–Kier alpha value is -0.420. The number of rotatable bonds is 2. The van der Waals surface area contributed by atoms with Crippen LogP contribution in [0.5, 0.6) is 0 Å². The molecule has 0 unspecified atom stereocenters. The van der Waals surface area contributed by atoms with Crippen molar-refractivity contribution in [3.63, 3.8) is 0 Å². The molecule has 3 N–H and O–H groups in total. The van der Waals surface area contributed by atoms with Crippen molar-refractivity contribution >= 4 is 23.2 Å². The number of nitrogens with two attached hydrogens (primary N) is 1. The molecule has 0 saturated carbocycles. The van der Waals surface area contributed by atoms with Crippen LogP contribution < -0.4 is 5.73 Å². The van der Waals surface area contributed by atoms with Crippen molar-refractivity contribution in [3.8, 4) is 0 Å². The first-order valence-electron chi connectivity index (χ1n) is 3.20. The minimum atomic E-state index is -0.911. The molecule has 4 nitrogen and oxygen atoms in total. The van der Waals surface area contributed by atoms with Crippen molar-refractivity contribution in [1.82, 2.24) is 9.97 Å². The summed E-state index contributed by atoms with van der Waals surface area (Å²) in [6.45, 7) is 0.0345. The molecule has 0 fully saturated rings. The number of hydrogen-bond acceptors (Lipinski definition) is 4. The Morgan fingerprint density at radius 3 is 2.33 bits per heavy atom. The van der Waals surface area contributed by atoms with E-state index in [9.17, 15) is 5.11 Å². The summed E-state index contributed by atoms with van der Waals surface area (Å²) in [6.07, 6.45) is 0.309. The van der Waals surface area contributed by atoms with Crippen LogP contribution in [0.2, 0.25) is 10.3 Å². The molecule has 0 radical (unpaired) electrons. The predicted octanol–water partition coefficient (Wildman–Crippen LogP) is 0.776. The Labute approximate surface area is 79.3 Å². The summed E-state index contributed by atoms with van der Waals surface area (Å²) in [5.41, 5.74) is 5.50. The van der Waals surface area contributed by atoms with Crippen LogP contribution in [0, 0.1) is 0 Å². The lowest BCUT2D eigenvalue weighted by Crippen LogP contribution is -2.13. The number of aliphatic hydroxyl groups excluding tert-OH is 1. The van der Waals surface area contributed by atoms with Crippen molar-refractivity contribution in [2.45, 2.75) is 6.10 Å². The van der Waals surface area contributed by atoms with Gasteiger partial charge in [0.1, 0.15) is 16.6 Å². The fraction of sp³-hybridized carbons (Fsp3) is 0.333. The van der Waals surface area contributed by atoms with Crippen molar-refractivity contribution in [3.05, 3.63) is 22.2 Å². The summed E-state index contributed by atoms with van der Waals surface area (Å²) in [5, 5.41) is 9.58. The maximum Gasteiger partial charge on any atom is 0.139 e. The monoisotopic (exact) mass is 207 g/mol. The molecule has 0 amide bonds. The lowest BCUT2D eigenvalue weighted by Gasteiger charge is -2.09. The van der Waals surface area contributed by atoms with Gasteiger partial charge in [-0.25, -0.2) is 9.97 Å². The number of halogens is 2. The quantitative estimate of drug-likeness (QED) is 0.704. The molecular weight excluding hydrogens is 201 g/mol. The standard InChI is InChI=1S/C6H7Cl2N3O/c7-5-4(3(12)1-9)6(8)11-2-10-5/h2-3,12H,1,9H2/t3-/m1/s1. The maximum absolute atomic E-state index is 9.32. The zero-order valence-electron chi connectivity index (χ0n) is 6.04. The first-order chi connectivity index (χ1) is 5.66. The normalized spacial score (nSPS) is 13.0. The molecule has 0 saturated heterocycles. The fourth-order valence-corrected chi connectivity index (χ4v) is 1.31. The zero-order valence-corrected chi connectivity index (χ0v) is 7.55. The van der Waals surface area contributed by atoms with E-state index in [2.05, 4.69) is 9.97 Å². The molecule has 12 heavy (non-hydrogen) atoms. The largest absolute Gasteiger partial charge is 0.387 e. The summed E-state index contributed by atoms with van der Waals surface area (Å²) in [4.78, 5) is 7.33. The van der Waals surface area contributed by atoms with Gasteiger partial charge in [-0.2, -0.15) is 0 Å². The van der Waals surface area contributed by atoms with Crippen LogP contribution in [-0.2, 0) is 0 Å². The maximum atomic E-state index is 9.32. The van der Waals surface area contributed by atoms with Gasteiger partial charge in [-0.05, 0) is 0 Å². The molecule has 0 aliphatic carbocycles. The lowest BCUT2D eigenvalue weighted by atomic mass is 10.2. The van der Waals surface area contributed by atoms with Gasteiger partial charge in [0.05, 0.1) is 11.7 Å². The van der Waals surface area contributed by atoms with E-state index >= 15 is 0 Å². The molecule has 1 aromatic heterocycles. The Bertz CT molecular complexity index is 261. The topological polar surface area (TPSA) is 72.0 Å². The smallest absolute Gasteiger partial charge is 0.139 e. The van der Waals surface area contributed by atoms with Gasteiger partial charge in [-0.1, -0.05) is 23.2 Å². The number of aliphatic hydroxyl groups is 1. The second-order valence-electron chi connectivity index (χ2n) is 2.12. The van der Waals surface area contributed by atoms with Crippen LogP contribution in [0.15, 0.2) is 6.33 Å². The van der Waals surface area contributed by atoms with E-state index in [1.54, 1.807) is 0 Å². The minimum absolute atomic E-state index is 0.0345. The van der Waals surface area contributed by atoms with E-state index in [0.29, 0.717) is 0 Å². The van der Waals surface area contributed by atoms with Crippen molar-refractivity contribution in [2.24, 2.45) is 5.73 Å². The molecule has 6 heteroatoms. The molecule has 1 atom stereocenters. The molecule has 1 heterocycles. The molecule has 0 bridgehead atoms. The van der Waals surface area contributed by atoms with Crippen LogP contribution in [0.4, 0.5) is 0 Å². The highest BCUT2D eigenvalue weighted by molar-refractivity contribution is 6.34. The summed E-state index contributed by atoms with van der Waals surface area (Å²) in [5.74, 6) is 0. The Morgan fingerprint density at radius 2 is 1.92 bits per heavy atom. The van der Waals surface area contributed by atoms with Gasteiger partial charge >= 0.3 is 0 Å². The van der Waals surface area contributed by atoms with Crippen LogP contribution in [0.3, 0.4) is 0 Å². The van der Waals surface area contributed by atoms with Crippen LogP contribution in [0.25, 0.3) is 0 Å². The molecule has 0 aromatic carbocycles. The molecule has 0 aliphatic heterocycles. The highest BCUT2D eigenvalue weighted by atomic mass is 35.5. The number of aromatic nitrogens is 2. The van der Waals surface area contributed by atoms with E-state index in [1.807, 2.05) is 0 Å². The summed E-state index contributed by atoms with van der Waals surface area (Å²) in [7, 11) is 0. The SMILES string of the molecule is NC[C@@H](O)c1c(Cl)ncnc1Cl. The van der Waals surface area contributed by atoms with Gasteiger partial charge in [0.25, 0.3) is 0 Å².